The highest BCUT2D eigenvalue weighted by Gasteiger charge is 2.36. The fourth-order valence-electron chi connectivity index (χ4n) is 2.78. The van der Waals surface area contributed by atoms with Crippen LogP contribution in [0.2, 0.25) is 0 Å². The van der Waals surface area contributed by atoms with E-state index in [1.807, 2.05) is 15.3 Å². The molecule has 2 aliphatic rings. The number of hydrogen-bond acceptors (Lipinski definition) is 6. The minimum absolute atomic E-state index is 0.188. The van der Waals surface area contributed by atoms with Crippen LogP contribution < -0.4 is 5.32 Å². The van der Waals surface area contributed by atoms with Crippen LogP contribution in [-0.4, -0.2) is 48.1 Å². The standard InChI is InChI=1S/C12H15N5O3/c18-4-8-7(19)3-9(20-8)17-6-14-10-11-13-1-2-16(11)5-15-12(10)17/h1-2,6-9,15,18-19H,3-5H2/t7-,8+,9+/m1/s1. The summed E-state index contributed by atoms with van der Waals surface area (Å²) in [5, 5.41) is 22.3. The van der Waals surface area contributed by atoms with Gasteiger partial charge in [0.25, 0.3) is 0 Å². The molecular weight excluding hydrogens is 262 g/mol. The van der Waals surface area contributed by atoms with Crippen molar-refractivity contribution in [3.8, 4) is 11.5 Å². The molecule has 4 rings (SSSR count). The van der Waals surface area contributed by atoms with Crippen LogP contribution in [0.25, 0.3) is 11.5 Å². The molecule has 106 valence electrons. The van der Waals surface area contributed by atoms with Crippen molar-refractivity contribution in [1.29, 1.82) is 0 Å². The van der Waals surface area contributed by atoms with Crippen molar-refractivity contribution in [3.05, 3.63) is 18.7 Å². The zero-order valence-corrected chi connectivity index (χ0v) is 10.7. The van der Waals surface area contributed by atoms with Crippen molar-refractivity contribution in [3.63, 3.8) is 0 Å². The Morgan fingerprint density at radius 1 is 1.45 bits per heavy atom. The van der Waals surface area contributed by atoms with Crippen LogP contribution in [0.3, 0.4) is 0 Å². The quantitative estimate of drug-likeness (QED) is 0.701. The number of aromatic nitrogens is 4. The number of nitrogens with zero attached hydrogens (tertiary/aromatic N) is 4. The zero-order chi connectivity index (χ0) is 13.7. The lowest BCUT2D eigenvalue weighted by Crippen LogP contribution is -2.24. The van der Waals surface area contributed by atoms with Crippen LogP contribution in [0.15, 0.2) is 18.7 Å². The molecule has 4 heterocycles. The van der Waals surface area contributed by atoms with Gasteiger partial charge in [0.05, 0.1) is 25.7 Å². The topological polar surface area (TPSA) is 97.4 Å². The highest BCUT2D eigenvalue weighted by molar-refractivity contribution is 5.69. The fourth-order valence-corrected chi connectivity index (χ4v) is 2.78. The average Bonchev–Trinajstić information content (AvgIpc) is 3.13. The molecule has 2 aromatic heterocycles. The maximum Gasteiger partial charge on any atom is 0.163 e. The number of nitrogens with one attached hydrogen (secondary N) is 1. The molecule has 1 saturated heterocycles. The lowest BCUT2D eigenvalue weighted by atomic mass is 10.2. The van der Waals surface area contributed by atoms with Crippen molar-refractivity contribution in [2.24, 2.45) is 0 Å². The second-order valence-electron chi connectivity index (χ2n) is 5.02. The number of rotatable bonds is 2. The van der Waals surface area contributed by atoms with Crippen molar-refractivity contribution in [1.82, 2.24) is 19.1 Å². The Kier molecular flexibility index (Phi) is 2.56. The molecule has 8 heteroatoms. The average molecular weight is 277 g/mol. The maximum absolute atomic E-state index is 9.83. The van der Waals surface area contributed by atoms with E-state index >= 15 is 0 Å². The molecule has 2 aliphatic heterocycles. The number of aliphatic hydroxyl groups is 2. The van der Waals surface area contributed by atoms with E-state index in [1.54, 1.807) is 12.5 Å². The fraction of sp³-hybridized carbons (Fsp3) is 0.500. The van der Waals surface area contributed by atoms with Gasteiger partial charge < -0.3 is 24.8 Å². The van der Waals surface area contributed by atoms with E-state index < -0.39 is 12.2 Å². The number of imidazole rings is 2. The number of fused-ring (bicyclic) bond motifs is 3. The van der Waals surface area contributed by atoms with E-state index in [2.05, 4.69) is 15.3 Å². The van der Waals surface area contributed by atoms with Gasteiger partial charge in [-0.2, -0.15) is 0 Å². The maximum atomic E-state index is 9.83. The normalized spacial score (nSPS) is 28.0. The van der Waals surface area contributed by atoms with Gasteiger partial charge in [0.2, 0.25) is 0 Å². The predicted molar refractivity (Wildman–Crippen MR) is 68.7 cm³/mol. The smallest absolute Gasteiger partial charge is 0.163 e. The molecule has 3 atom stereocenters. The summed E-state index contributed by atoms with van der Waals surface area (Å²) in [4.78, 5) is 8.68. The Labute approximate surface area is 114 Å². The molecule has 0 unspecified atom stereocenters. The molecule has 0 aliphatic carbocycles. The zero-order valence-electron chi connectivity index (χ0n) is 10.7. The summed E-state index contributed by atoms with van der Waals surface area (Å²) in [5.74, 6) is 1.65. The molecule has 2 aromatic rings. The van der Waals surface area contributed by atoms with Crippen molar-refractivity contribution < 1.29 is 14.9 Å². The summed E-state index contributed by atoms with van der Waals surface area (Å²) in [6.45, 7) is 0.430. The van der Waals surface area contributed by atoms with Crippen LogP contribution in [0, 0.1) is 0 Å². The van der Waals surface area contributed by atoms with Crippen LogP contribution in [0.5, 0.6) is 0 Å². The second-order valence-corrected chi connectivity index (χ2v) is 5.02. The van der Waals surface area contributed by atoms with E-state index in [0.29, 0.717) is 13.1 Å². The summed E-state index contributed by atoms with van der Waals surface area (Å²) in [6, 6.07) is 0. The first-order valence-corrected chi connectivity index (χ1v) is 6.54. The first-order chi connectivity index (χ1) is 9.78. The molecule has 0 spiro atoms. The number of aliphatic hydroxyl groups excluding tert-OH is 2. The van der Waals surface area contributed by atoms with E-state index in [0.717, 1.165) is 17.3 Å². The summed E-state index contributed by atoms with van der Waals surface area (Å²) < 4.78 is 9.48. The van der Waals surface area contributed by atoms with Gasteiger partial charge in [-0.25, -0.2) is 9.97 Å². The summed E-state index contributed by atoms with van der Waals surface area (Å²) in [7, 11) is 0. The Balaban J connectivity index is 1.70. The third-order valence-corrected chi connectivity index (χ3v) is 3.83. The Hall–Kier alpha value is -1.90. The largest absolute Gasteiger partial charge is 0.394 e. The van der Waals surface area contributed by atoms with Gasteiger partial charge in [-0.3, -0.25) is 4.57 Å². The molecule has 0 saturated carbocycles. The molecular formula is C12H15N5O3. The SMILES string of the molecule is OC[C@@H]1O[C@H](n2cnc3c2NCn2ccnc2-3)C[C@H]1O. The molecule has 8 nitrogen and oxygen atoms in total. The molecule has 0 radical (unpaired) electrons. The second kappa shape index (κ2) is 4.30. The van der Waals surface area contributed by atoms with Crippen LogP contribution >= 0.6 is 0 Å². The number of ether oxygens (including phenoxy) is 1. The van der Waals surface area contributed by atoms with Gasteiger partial charge in [-0.1, -0.05) is 0 Å². The molecule has 0 amide bonds. The van der Waals surface area contributed by atoms with E-state index in [9.17, 15) is 5.11 Å². The van der Waals surface area contributed by atoms with Crippen molar-refractivity contribution in [2.75, 3.05) is 11.9 Å². The first kappa shape index (κ1) is 11.9. The predicted octanol–water partition coefficient (Wildman–Crippen LogP) is -0.230. The molecule has 3 N–H and O–H groups in total. The number of anilines is 1. The lowest BCUT2D eigenvalue weighted by Gasteiger charge is -2.21. The summed E-state index contributed by atoms with van der Waals surface area (Å²) in [6.07, 6.45) is 4.22. The molecule has 20 heavy (non-hydrogen) atoms. The highest BCUT2D eigenvalue weighted by Crippen LogP contribution is 2.36. The summed E-state index contributed by atoms with van der Waals surface area (Å²) >= 11 is 0. The Morgan fingerprint density at radius 3 is 3.15 bits per heavy atom. The van der Waals surface area contributed by atoms with Gasteiger partial charge in [0.1, 0.15) is 23.8 Å². The van der Waals surface area contributed by atoms with Gasteiger partial charge >= 0.3 is 0 Å². The highest BCUT2D eigenvalue weighted by atomic mass is 16.5. The number of hydrogen-bond donors (Lipinski definition) is 3. The molecule has 1 fully saturated rings. The van der Waals surface area contributed by atoms with Gasteiger partial charge in [-0.05, 0) is 0 Å². The molecule has 0 bridgehead atoms. The van der Waals surface area contributed by atoms with E-state index in [4.69, 9.17) is 9.84 Å². The minimum Gasteiger partial charge on any atom is -0.394 e. The van der Waals surface area contributed by atoms with Crippen molar-refractivity contribution >= 4 is 5.82 Å². The van der Waals surface area contributed by atoms with Gasteiger partial charge in [0, 0.05) is 18.8 Å². The first-order valence-electron chi connectivity index (χ1n) is 6.54. The van der Waals surface area contributed by atoms with Crippen LogP contribution in [-0.2, 0) is 11.4 Å². The van der Waals surface area contributed by atoms with E-state index in [1.165, 1.54) is 0 Å². The van der Waals surface area contributed by atoms with Crippen LogP contribution in [0.4, 0.5) is 5.82 Å². The van der Waals surface area contributed by atoms with E-state index in [-0.39, 0.29) is 12.8 Å². The van der Waals surface area contributed by atoms with Gasteiger partial charge in [0.15, 0.2) is 5.82 Å². The summed E-state index contributed by atoms with van der Waals surface area (Å²) in [5.41, 5.74) is 0.770. The van der Waals surface area contributed by atoms with Crippen LogP contribution in [0.1, 0.15) is 12.6 Å². The lowest BCUT2D eigenvalue weighted by molar-refractivity contribution is -0.0437. The van der Waals surface area contributed by atoms with Crippen molar-refractivity contribution in [2.45, 2.75) is 31.5 Å². The Morgan fingerprint density at radius 2 is 2.35 bits per heavy atom. The third-order valence-electron chi connectivity index (χ3n) is 3.83. The monoisotopic (exact) mass is 277 g/mol. The third kappa shape index (κ3) is 1.59. The minimum atomic E-state index is -0.659. The Bertz CT molecular complexity index is 637. The van der Waals surface area contributed by atoms with Gasteiger partial charge in [-0.15, -0.1) is 0 Å². The molecule has 0 aromatic carbocycles.